The second kappa shape index (κ2) is 7.52. The zero-order valence-corrected chi connectivity index (χ0v) is 13.5. The number of carbonyl (C=O) groups is 1. The highest BCUT2D eigenvalue weighted by atomic mass is 35.5. The number of methoxy groups -OCH3 is 1. The predicted octanol–water partition coefficient (Wildman–Crippen LogP) is 3.55. The lowest BCUT2D eigenvalue weighted by Gasteiger charge is -2.12. The Morgan fingerprint density at radius 2 is 2.09 bits per heavy atom. The van der Waals surface area contributed by atoms with Crippen molar-refractivity contribution in [2.24, 2.45) is 0 Å². The number of ether oxygens (including phenoxy) is 2. The molecular formula is C17H15ClN2O3. The van der Waals surface area contributed by atoms with Gasteiger partial charge in [-0.25, -0.2) is 0 Å². The SMILES string of the molecule is COc1cc(C#N)ccc1OCC(=O)Nc1cccc(Cl)c1C. The maximum absolute atomic E-state index is 12.0. The Hall–Kier alpha value is -2.71. The molecule has 2 rings (SSSR count). The standard InChI is InChI=1S/C17H15ClN2O3/c1-11-13(18)4-3-5-14(11)20-17(21)10-23-15-7-6-12(9-19)8-16(15)22-2/h3-8H,10H2,1-2H3,(H,20,21). The molecule has 0 aliphatic carbocycles. The summed E-state index contributed by atoms with van der Waals surface area (Å²) in [7, 11) is 1.47. The number of anilines is 1. The smallest absolute Gasteiger partial charge is 0.262 e. The fourth-order valence-electron chi connectivity index (χ4n) is 1.93. The van der Waals surface area contributed by atoms with Gasteiger partial charge in [0.05, 0.1) is 18.7 Å². The zero-order valence-electron chi connectivity index (χ0n) is 12.7. The van der Waals surface area contributed by atoms with E-state index >= 15 is 0 Å². The van der Waals surface area contributed by atoms with Crippen LogP contribution in [0.2, 0.25) is 5.02 Å². The van der Waals surface area contributed by atoms with Crippen LogP contribution in [0.25, 0.3) is 0 Å². The van der Waals surface area contributed by atoms with Gasteiger partial charge in [0.1, 0.15) is 0 Å². The molecule has 23 heavy (non-hydrogen) atoms. The normalized spacial score (nSPS) is 9.83. The number of nitriles is 1. The third kappa shape index (κ3) is 4.15. The van der Waals surface area contributed by atoms with Gasteiger partial charge in [-0.3, -0.25) is 4.79 Å². The molecule has 5 nitrogen and oxygen atoms in total. The van der Waals surface area contributed by atoms with Gasteiger partial charge in [-0.15, -0.1) is 0 Å². The number of hydrogen-bond donors (Lipinski definition) is 1. The summed E-state index contributed by atoms with van der Waals surface area (Å²) in [6.45, 7) is 1.64. The van der Waals surface area contributed by atoms with E-state index in [9.17, 15) is 4.79 Å². The lowest BCUT2D eigenvalue weighted by Crippen LogP contribution is -2.20. The van der Waals surface area contributed by atoms with Crippen LogP contribution in [0, 0.1) is 18.3 Å². The van der Waals surface area contributed by atoms with Crippen molar-refractivity contribution in [2.45, 2.75) is 6.92 Å². The molecule has 1 amide bonds. The third-order valence-electron chi connectivity index (χ3n) is 3.19. The molecule has 0 bridgehead atoms. The molecular weight excluding hydrogens is 316 g/mol. The molecule has 118 valence electrons. The second-order valence-corrected chi connectivity index (χ2v) is 5.13. The van der Waals surface area contributed by atoms with Gasteiger partial charge in [0.2, 0.25) is 0 Å². The topological polar surface area (TPSA) is 71.3 Å². The monoisotopic (exact) mass is 330 g/mol. The minimum atomic E-state index is -0.318. The van der Waals surface area contributed by atoms with Crippen LogP contribution in [-0.4, -0.2) is 19.6 Å². The van der Waals surface area contributed by atoms with Crippen molar-refractivity contribution in [3.05, 3.63) is 52.5 Å². The molecule has 0 spiro atoms. The first kappa shape index (κ1) is 16.7. The molecule has 0 saturated heterocycles. The van der Waals surface area contributed by atoms with E-state index in [0.29, 0.717) is 27.8 Å². The summed E-state index contributed by atoms with van der Waals surface area (Å²) in [6.07, 6.45) is 0. The summed E-state index contributed by atoms with van der Waals surface area (Å²) in [5, 5.41) is 12.2. The Balaban J connectivity index is 2.02. The molecule has 0 saturated carbocycles. The second-order valence-electron chi connectivity index (χ2n) is 4.73. The Labute approximate surface area is 139 Å². The first-order valence-electron chi connectivity index (χ1n) is 6.81. The average molecular weight is 331 g/mol. The van der Waals surface area contributed by atoms with Gasteiger partial charge in [0.25, 0.3) is 5.91 Å². The largest absolute Gasteiger partial charge is 0.493 e. The minimum absolute atomic E-state index is 0.186. The molecule has 0 radical (unpaired) electrons. The van der Waals surface area contributed by atoms with Crippen LogP contribution in [0.3, 0.4) is 0 Å². The maximum Gasteiger partial charge on any atom is 0.262 e. The molecule has 6 heteroatoms. The first-order chi connectivity index (χ1) is 11.0. The molecule has 1 N–H and O–H groups in total. The van der Waals surface area contributed by atoms with E-state index in [0.717, 1.165) is 5.56 Å². The van der Waals surface area contributed by atoms with Crippen molar-refractivity contribution in [1.29, 1.82) is 5.26 Å². The highest BCUT2D eigenvalue weighted by molar-refractivity contribution is 6.31. The van der Waals surface area contributed by atoms with E-state index in [1.807, 2.05) is 13.0 Å². The summed E-state index contributed by atoms with van der Waals surface area (Å²) < 4.78 is 10.6. The Morgan fingerprint density at radius 3 is 2.78 bits per heavy atom. The van der Waals surface area contributed by atoms with Crippen molar-refractivity contribution in [1.82, 2.24) is 0 Å². The van der Waals surface area contributed by atoms with Crippen LogP contribution in [0.1, 0.15) is 11.1 Å². The van der Waals surface area contributed by atoms with Gasteiger partial charge in [-0.05, 0) is 36.8 Å². The van der Waals surface area contributed by atoms with Crippen LogP contribution >= 0.6 is 11.6 Å². The highest BCUT2D eigenvalue weighted by Crippen LogP contribution is 2.28. The van der Waals surface area contributed by atoms with Crippen molar-refractivity contribution in [3.63, 3.8) is 0 Å². The number of amides is 1. The summed E-state index contributed by atoms with van der Waals surface area (Å²) >= 11 is 6.01. The fraction of sp³-hybridized carbons (Fsp3) is 0.176. The molecule has 0 aliphatic heterocycles. The zero-order chi connectivity index (χ0) is 16.8. The van der Waals surface area contributed by atoms with Gasteiger partial charge in [0.15, 0.2) is 18.1 Å². The number of rotatable bonds is 5. The maximum atomic E-state index is 12.0. The van der Waals surface area contributed by atoms with Crippen LogP contribution in [0.15, 0.2) is 36.4 Å². The van der Waals surface area contributed by atoms with Crippen molar-refractivity contribution in [3.8, 4) is 17.6 Å². The third-order valence-corrected chi connectivity index (χ3v) is 3.60. The molecule has 0 unspecified atom stereocenters. The van der Waals surface area contributed by atoms with Crippen LogP contribution in [0.5, 0.6) is 11.5 Å². The Morgan fingerprint density at radius 1 is 1.30 bits per heavy atom. The van der Waals surface area contributed by atoms with Gasteiger partial charge < -0.3 is 14.8 Å². The number of carbonyl (C=O) groups excluding carboxylic acids is 1. The van der Waals surface area contributed by atoms with Crippen LogP contribution < -0.4 is 14.8 Å². The van der Waals surface area contributed by atoms with Gasteiger partial charge >= 0.3 is 0 Å². The van der Waals surface area contributed by atoms with E-state index in [1.165, 1.54) is 7.11 Å². The number of nitrogens with zero attached hydrogens (tertiary/aromatic N) is 1. The van der Waals surface area contributed by atoms with Crippen molar-refractivity contribution in [2.75, 3.05) is 19.0 Å². The molecule has 2 aromatic rings. The van der Waals surface area contributed by atoms with Crippen molar-refractivity contribution >= 4 is 23.2 Å². The molecule has 0 heterocycles. The summed E-state index contributed by atoms with van der Waals surface area (Å²) in [5.74, 6) is 0.474. The predicted molar refractivity (Wildman–Crippen MR) is 88.0 cm³/mol. The number of hydrogen-bond acceptors (Lipinski definition) is 4. The van der Waals surface area contributed by atoms with E-state index < -0.39 is 0 Å². The first-order valence-corrected chi connectivity index (χ1v) is 7.19. The Bertz CT molecular complexity index is 769. The van der Waals surface area contributed by atoms with Gasteiger partial charge in [-0.1, -0.05) is 17.7 Å². The lowest BCUT2D eigenvalue weighted by atomic mass is 10.2. The number of benzene rings is 2. The minimum Gasteiger partial charge on any atom is -0.493 e. The van der Waals surface area contributed by atoms with E-state index in [2.05, 4.69) is 5.32 Å². The van der Waals surface area contributed by atoms with Crippen LogP contribution in [0.4, 0.5) is 5.69 Å². The Kier molecular flexibility index (Phi) is 5.45. The number of nitrogens with one attached hydrogen (secondary N) is 1. The molecule has 0 fully saturated rings. The van der Waals surface area contributed by atoms with Gasteiger partial charge in [0, 0.05) is 16.8 Å². The highest BCUT2D eigenvalue weighted by Gasteiger charge is 2.10. The molecule has 0 atom stereocenters. The quantitative estimate of drug-likeness (QED) is 0.910. The average Bonchev–Trinajstić information content (AvgIpc) is 2.57. The lowest BCUT2D eigenvalue weighted by molar-refractivity contribution is -0.118. The van der Waals surface area contributed by atoms with Crippen LogP contribution in [-0.2, 0) is 4.79 Å². The molecule has 2 aromatic carbocycles. The number of halogens is 1. The van der Waals surface area contributed by atoms with E-state index in [-0.39, 0.29) is 12.5 Å². The summed E-state index contributed by atoms with van der Waals surface area (Å²) in [4.78, 5) is 12.0. The van der Waals surface area contributed by atoms with E-state index in [1.54, 1.807) is 36.4 Å². The molecule has 0 aliphatic rings. The summed E-state index contributed by atoms with van der Waals surface area (Å²) in [5.41, 5.74) is 1.88. The van der Waals surface area contributed by atoms with Crippen molar-refractivity contribution < 1.29 is 14.3 Å². The fourth-order valence-corrected chi connectivity index (χ4v) is 2.10. The van der Waals surface area contributed by atoms with Gasteiger partial charge in [-0.2, -0.15) is 5.26 Å². The summed E-state index contributed by atoms with van der Waals surface area (Å²) in [6, 6.07) is 12.0. The van der Waals surface area contributed by atoms with E-state index in [4.69, 9.17) is 26.3 Å². The molecule has 0 aromatic heterocycles.